The molecule has 32 heavy (non-hydrogen) atoms. The van der Waals surface area contributed by atoms with Gasteiger partial charge in [0, 0.05) is 31.8 Å². The monoisotopic (exact) mass is 503 g/mol. The molecule has 3 aromatic rings. The van der Waals surface area contributed by atoms with Crippen molar-refractivity contribution in [1.29, 1.82) is 0 Å². The van der Waals surface area contributed by atoms with Gasteiger partial charge in [-0.05, 0) is 42.1 Å². The van der Waals surface area contributed by atoms with E-state index in [1.165, 1.54) is 0 Å². The number of nitrogens with zero attached hydrogens (tertiary/aromatic N) is 1. The number of benzene rings is 3. The second-order valence-corrected chi connectivity index (χ2v) is 9.10. The highest BCUT2D eigenvalue weighted by Crippen LogP contribution is 2.36. The summed E-state index contributed by atoms with van der Waals surface area (Å²) in [6.45, 7) is 0.280. The summed E-state index contributed by atoms with van der Waals surface area (Å²) in [7, 11) is 0. The SMILES string of the molecule is O=C1S/C(=C\c2ccccc2OCc2ccccc2Cl)C(=O)N1Cc1c(Cl)cccc1Cl. The molecule has 1 saturated heterocycles. The van der Waals surface area contributed by atoms with Crippen molar-refractivity contribution in [3.63, 3.8) is 0 Å². The van der Waals surface area contributed by atoms with Gasteiger partial charge in [-0.1, -0.05) is 77.3 Å². The Kier molecular flexibility index (Phi) is 7.11. The van der Waals surface area contributed by atoms with Crippen LogP contribution >= 0.6 is 46.6 Å². The highest BCUT2D eigenvalue weighted by atomic mass is 35.5. The van der Waals surface area contributed by atoms with Crippen molar-refractivity contribution in [2.75, 3.05) is 0 Å². The van der Waals surface area contributed by atoms with E-state index in [-0.39, 0.29) is 18.4 Å². The van der Waals surface area contributed by atoms with Gasteiger partial charge in [-0.2, -0.15) is 0 Å². The molecule has 1 fully saturated rings. The maximum absolute atomic E-state index is 13.0. The Balaban J connectivity index is 1.55. The number of ether oxygens (including phenoxy) is 1. The van der Waals surface area contributed by atoms with Crippen LogP contribution in [0.2, 0.25) is 15.1 Å². The van der Waals surface area contributed by atoms with Crippen LogP contribution < -0.4 is 4.74 Å². The minimum absolute atomic E-state index is 0.00513. The molecule has 1 aliphatic heterocycles. The first-order valence-corrected chi connectivity index (χ1v) is 11.5. The average molecular weight is 505 g/mol. The Labute approximate surface area is 204 Å². The lowest BCUT2D eigenvalue weighted by molar-refractivity contribution is -0.123. The van der Waals surface area contributed by atoms with E-state index in [2.05, 4.69) is 0 Å². The quantitative estimate of drug-likeness (QED) is 0.327. The fourth-order valence-corrected chi connectivity index (χ4v) is 4.66. The van der Waals surface area contributed by atoms with Gasteiger partial charge in [-0.15, -0.1) is 0 Å². The van der Waals surface area contributed by atoms with E-state index in [9.17, 15) is 9.59 Å². The molecule has 4 rings (SSSR count). The third kappa shape index (κ3) is 4.97. The summed E-state index contributed by atoms with van der Waals surface area (Å²) in [5.74, 6) is 0.172. The lowest BCUT2D eigenvalue weighted by Gasteiger charge is -2.14. The first-order valence-electron chi connectivity index (χ1n) is 9.57. The number of carbonyl (C=O) groups is 2. The first-order chi connectivity index (χ1) is 15.4. The van der Waals surface area contributed by atoms with E-state index in [1.54, 1.807) is 36.4 Å². The molecular weight excluding hydrogens is 489 g/mol. The number of halogens is 3. The van der Waals surface area contributed by atoms with Crippen LogP contribution in [0.4, 0.5) is 4.79 Å². The smallest absolute Gasteiger partial charge is 0.293 e. The van der Waals surface area contributed by atoms with Gasteiger partial charge in [0.05, 0.1) is 11.4 Å². The number of rotatable bonds is 6. The lowest BCUT2D eigenvalue weighted by Crippen LogP contribution is -2.27. The van der Waals surface area contributed by atoms with E-state index in [0.29, 0.717) is 36.8 Å². The summed E-state index contributed by atoms with van der Waals surface area (Å²) >= 11 is 19.5. The van der Waals surface area contributed by atoms with Crippen LogP contribution in [0.5, 0.6) is 5.75 Å². The van der Waals surface area contributed by atoms with Crippen molar-refractivity contribution in [3.05, 3.63) is 103 Å². The molecule has 0 radical (unpaired) electrons. The van der Waals surface area contributed by atoms with Crippen molar-refractivity contribution >= 4 is 63.8 Å². The van der Waals surface area contributed by atoms with Gasteiger partial charge in [-0.25, -0.2) is 0 Å². The van der Waals surface area contributed by atoms with E-state index >= 15 is 0 Å². The number of imide groups is 1. The van der Waals surface area contributed by atoms with Gasteiger partial charge in [0.2, 0.25) is 0 Å². The summed E-state index contributed by atoms with van der Waals surface area (Å²) in [4.78, 5) is 26.9. The van der Waals surface area contributed by atoms with Crippen LogP contribution in [-0.2, 0) is 17.9 Å². The predicted molar refractivity (Wildman–Crippen MR) is 130 cm³/mol. The number of para-hydroxylation sites is 1. The molecule has 4 nitrogen and oxygen atoms in total. The maximum Gasteiger partial charge on any atom is 0.293 e. The van der Waals surface area contributed by atoms with Gasteiger partial charge in [-0.3, -0.25) is 14.5 Å². The Bertz CT molecular complexity index is 1210. The highest BCUT2D eigenvalue weighted by Gasteiger charge is 2.35. The fourth-order valence-electron chi connectivity index (χ4n) is 3.12. The van der Waals surface area contributed by atoms with Crippen LogP contribution in [-0.4, -0.2) is 16.0 Å². The molecule has 8 heteroatoms. The van der Waals surface area contributed by atoms with E-state index in [1.807, 2.05) is 36.4 Å². The zero-order chi connectivity index (χ0) is 22.7. The minimum atomic E-state index is -0.406. The number of carbonyl (C=O) groups excluding carboxylic acids is 2. The van der Waals surface area contributed by atoms with Gasteiger partial charge in [0.25, 0.3) is 11.1 Å². The van der Waals surface area contributed by atoms with Gasteiger partial charge in [0.1, 0.15) is 12.4 Å². The van der Waals surface area contributed by atoms with Crippen LogP contribution in [0.15, 0.2) is 71.6 Å². The third-order valence-electron chi connectivity index (χ3n) is 4.80. The maximum atomic E-state index is 13.0. The van der Waals surface area contributed by atoms with Crippen molar-refractivity contribution in [2.24, 2.45) is 0 Å². The number of thioether (sulfide) groups is 1. The Morgan fingerprint density at radius 3 is 2.25 bits per heavy atom. The molecule has 1 aliphatic rings. The number of hydrogen-bond acceptors (Lipinski definition) is 4. The van der Waals surface area contributed by atoms with Crippen LogP contribution in [0.3, 0.4) is 0 Å². The fraction of sp³-hybridized carbons (Fsp3) is 0.0833. The van der Waals surface area contributed by atoms with Crippen molar-refractivity contribution in [2.45, 2.75) is 13.2 Å². The molecule has 3 aromatic carbocycles. The Morgan fingerprint density at radius 1 is 0.844 bits per heavy atom. The summed E-state index contributed by atoms with van der Waals surface area (Å²) in [6.07, 6.45) is 1.65. The second-order valence-electron chi connectivity index (χ2n) is 6.89. The molecule has 0 unspecified atom stereocenters. The molecule has 0 saturated carbocycles. The van der Waals surface area contributed by atoms with Gasteiger partial charge < -0.3 is 4.74 Å². The lowest BCUT2D eigenvalue weighted by atomic mass is 10.1. The summed E-state index contributed by atoms with van der Waals surface area (Å²) in [6, 6.07) is 19.8. The van der Waals surface area contributed by atoms with Crippen molar-refractivity contribution in [3.8, 4) is 5.75 Å². The normalized spacial score (nSPS) is 15.0. The molecule has 0 aromatic heterocycles. The third-order valence-corrected chi connectivity index (χ3v) is 6.78. The van der Waals surface area contributed by atoms with Gasteiger partial charge in [0.15, 0.2) is 0 Å². The summed E-state index contributed by atoms with van der Waals surface area (Å²) in [5.41, 5.74) is 2.06. The van der Waals surface area contributed by atoms with E-state index in [0.717, 1.165) is 22.2 Å². The molecule has 0 bridgehead atoms. The number of hydrogen-bond donors (Lipinski definition) is 0. The standard InChI is InChI=1S/C24H16Cl3NO3S/c25-18-8-3-1-7-16(18)14-31-21-11-4-2-6-15(21)12-22-23(29)28(24(30)32-22)13-17-19(26)9-5-10-20(17)27/h1-12H,13-14H2/b22-12-. The second kappa shape index (κ2) is 10.0. The molecule has 0 atom stereocenters. The molecule has 0 aliphatic carbocycles. The molecule has 1 heterocycles. The zero-order valence-electron chi connectivity index (χ0n) is 16.6. The summed E-state index contributed by atoms with van der Waals surface area (Å²) in [5, 5.41) is 1.04. The molecule has 162 valence electrons. The van der Waals surface area contributed by atoms with Crippen LogP contribution in [0, 0.1) is 0 Å². The highest BCUT2D eigenvalue weighted by molar-refractivity contribution is 8.18. The molecule has 0 N–H and O–H groups in total. The van der Waals surface area contributed by atoms with Crippen LogP contribution in [0.25, 0.3) is 6.08 Å². The van der Waals surface area contributed by atoms with E-state index in [4.69, 9.17) is 39.5 Å². The summed E-state index contributed by atoms with van der Waals surface area (Å²) < 4.78 is 5.95. The predicted octanol–water partition coefficient (Wildman–Crippen LogP) is 7.46. The first kappa shape index (κ1) is 22.7. The largest absolute Gasteiger partial charge is 0.488 e. The number of amides is 2. The molecule has 2 amide bonds. The topological polar surface area (TPSA) is 46.6 Å². The molecular formula is C24H16Cl3NO3S. The molecule has 0 spiro atoms. The van der Waals surface area contributed by atoms with E-state index < -0.39 is 5.91 Å². The van der Waals surface area contributed by atoms with Crippen molar-refractivity contribution < 1.29 is 14.3 Å². The van der Waals surface area contributed by atoms with Crippen LogP contribution in [0.1, 0.15) is 16.7 Å². The average Bonchev–Trinajstić information content (AvgIpc) is 3.04. The van der Waals surface area contributed by atoms with Gasteiger partial charge >= 0.3 is 0 Å². The Hall–Kier alpha value is -2.44. The minimum Gasteiger partial charge on any atom is -0.488 e. The Morgan fingerprint density at radius 2 is 1.50 bits per heavy atom. The zero-order valence-corrected chi connectivity index (χ0v) is 19.6. The van der Waals surface area contributed by atoms with Crippen molar-refractivity contribution in [1.82, 2.24) is 4.90 Å².